The molecule has 0 aromatic rings. The van der Waals surface area contributed by atoms with E-state index in [0.29, 0.717) is 19.5 Å². The van der Waals surface area contributed by atoms with Crippen molar-refractivity contribution in [1.29, 1.82) is 0 Å². The summed E-state index contributed by atoms with van der Waals surface area (Å²) in [6, 6.07) is 0. The highest BCUT2D eigenvalue weighted by molar-refractivity contribution is 6.03. The van der Waals surface area contributed by atoms with E-state index in [1.165, 1.54) is 4.90 Å². The Bertz CT molecular complexity index is 342. The molecule has 7 nitrogen and oxygen atoms in total. The number of piperazine rings is 1. The molecule has 7 heteroatoms. The number of hydrogen-bond acceptors (Lipinski definition) is 4. The number of likely N-dealkylation sites (N-methyl/N-ethyl adjacent to an activating group) is 1. The lowest BCUT2D eigenvalue weighted by molar-refractivity contribution is -0.145. The van der Waals surface area contributed by atoms with Crippen molar-refractivity contribution in [3.8, 4) is 0 Å². The molecule has 3 N–H and O–H groups in total. The van der Waals surface area contributed by atoms with Crippen LogP contribution >= 0.6 is 0 Å². The van der Waals surface area contributed by atoms with E-state index in [4.69, 9.17) is 10.9 Å². The number of amidine groups is 1. The standard InChI is InChI=1S/C10H18N4O3/c1-3-7(9(11)12-17)10(16)14-5-4-13(2)8(15)6-14/h7,17H,3-6H2,1-2H3,(H2,11,12). The zero-order valence-corrected chi connectivity index (χ0v) is 10.1. The van der Waals surface area contributed by atoms with E-state index >= 15 is 0 Å². The molecule has 1 aliphatic rings. The molecule has 0 aromatic heterocycles. The number of rotatable bonds is 3. The quantitative estimate of drug-likeness (QED) is 0.289. The molecule has 0 saturated carbocycles. The summed E-state index contributed by atoms with van der Waals surface area (Å²) in [4.78, 5) is 26.6. The van der Waals surface area contributed by atoms with Crippen LogP contribution < -0.4 is 5.73 Å². The molecule has 1 aliphatic heterocycles. The predicted molar refractivity (Wildman–Crippen MR) is 61.4 cm³/mol. The van der Waals surface area contributed by atoms with Crippen molar-refractivity contribution in [3.05, 3.63) is 0 Å². The number of carbonyl (C=O) groups excluding carboxylic acids is 2. The second kappa shape index (κ2) is 5.51. The summed E-state index contributed by atoms with van der Waals surface area (Å²) in [7, 11) is 1.70. The molecule has 96 valence electrons. The Balaban J connectivity index is 2.72. The van der Waals surface area contributed by atoms with Crippen LogP contribution in [-0.2, 0) is 9.59 Å². The average molecular weight is 242 g/mol. The first-order valence-corrected chi connectivity index (χ1v) is 5.51. The van der Waals surface area contributed by atoms with Gasteiger partial charge in [0.2, 0.25) is 11.8 Å². The highest BCUT2D eigenvalue weighted by atomic mass is 16.4. The number of hydrogen-bond donors (Lipinski definition) is 2. The van der Waals surface area contributed by atoms with E-state index in [0.717, 1.165) is 0 Å². The second-order valence-electron chi connectivity index (χ2n) is 4.06. The first kappa shape index (κ1) is 13.3. The number of nitrogens with zero attached hydrogens (tertiary/aromatic N) is 3. The molecule has 17 heavy (non-hydrogen) atoms. The van der Waals surface area contributed by atoms with Gasteiger partial charge in [-0.15, -0.1) is 0 Å². The van der Waals surface area contributed by atoms with Gasteiger partial charge in [-0.1, -0.05) is 12.1 Å². The molecular weight excluding hydrogens is 224 g/mol. The van der Waals surface area contributed by atoms with Gasteiger partial charge >= 0.3 is 0 Å². The van der Waals surface area contributed by atoms with Gasteiger partial charge in [0, 0.05) is 20.1 Å². The summed E-state index contributed by atoms with van der Waals surface area (Å²) in [5.41, 5.74) is 5.45. The summed E-state index contributed by atoms with van der Waals surface area (Å²) in [6.07, 6.45) is 0.440. The number of carbonyl (C=O) groups is 2. The Hall–Kier alpha value is -1.79. The van der Waals surface area contributed by atoms with E-state index in [-0.39, 0.29) is 24.2 Å². The van der Waals surface area contributed by atoms with Crippen LogP contribution in [0.5, 0.6) is 0 Å². The van der Waals surface area contributed by atoms with Crippen LogP contribution in [0, 0.1) is 5.92 Å². The molecule has 0 aromatic carbocycles. The van der Waals surface area contributed by atoms with Gasteiger partial charge in [-0.2, -0.15) is 0 Å². The van der Waals surface area contributed by atoms with Crippen molar-refractivity contribution in [2.24, 2.45) is 16.8 Å². The van der Waals surface area contributed by atoms with Crippen LogP contribution in [0.25, 0.3) is 0 Å². The van der Waals surface area contributed by atoms with Gasteiger partial charge in [0.1, 0.15) is 0 Å². The van der Waals surface area contributed by atoms with Gasteiger partial charge in [-0.05, 0) is 6.42 Å². The lowest BCUT2D eigenvalue weighted by Gasteiger charge is -2.33. The Morgan fingerprint density at radius 2 is 2.24 bits per heavy atom. The minimum absolute atomic E-state index is 0.0601. The summed E-state index contributed by atoms with van der Waals surface area (Å²) in [5, 5.41) is 11.5. The highest BCUT2D eigenvalue weighted by Gasteiger charge is 2.31. The molecule has 1 heterocycles. The van der Waals surface area contributed by atoms with Gasteiger partial charge < -0.3 is 20.7 Å². The van der Waals surface area contributed by atoms with Gasteiger partial charge in [0.25, 0.3) is 0 Å². The molecule has 1 saturated heterocycles. The van der Waals surface area contributed by atoms with Gasteiger partial charge in [0.15, 0.2) is 5.84 Å². The molecule has 1 fully saturated rings. The average Bonchev–Trinajstić information content (AvgIpc) is 2.33. The molecule has 1 unspecified atom stereocenters. The summed E-state index contributed by atoms with van der Waals surface area (Å²) in [6.45, 7) is 2.83. The zero-order chi connectivity index (χ0) is 13.0. The lowest BCUT2D eigenvalue weighted by atomic mass is 10.0. The Kier molecular flexibility index (Phi) is 4.30. The maximum Gasteiger partial charge on any atom is 0.241 e. The van der Waals surface area contributed by atoms with Crippen molar-refractivity contribution in [2.75, 3.05) is 26.7 Å². The van der Waals surface area contributed by atoms with Crippen molar-refractivity contribution < 1.29 is 14.8 Å². The van der Waals surface area contributed by atoms with E-state index < -0.39 is 5.92 Å². The number of oxime groups is 1. The summed E-state index contributed by atoms with van der Waals surface area (Å²) in [5.74, 6) is -1.12. The van der Waals surface area contributed by atoms with Gasteiger partial charge in [-0.3, -0.25) is 9.59 Å². The molecule has 1 rings (SSSR count). The third-order valence-electron chi connectivity index (χ3n) is 2.95. The van der Waals surface area contributed by atoms with Crippen LogP contribution in [-0.4, -0.2) is 59.3 Å². The van der Waals surface area contributed by atoms with Crippen LogP contribution in [0.15, 0.2) is 5.16 Å². The van der Waals surface area contributed by atoms with E-state index in [1.54, 1.807) is 18.9 Å². The van der Waals surface area contributed by atoms with Gasteiger partial charge in [-0.25, -0.2) is 0 Å². The third kappa shape index (κ3) is 2.86. The van der Waals surface area contributed by atoms with Crippen LogP contribution in [0.1, 0.15) is 13.3 Å². The maximum absolute atomic E-state index is 12.1. The van der Waals surface area contributed by atoms with Crippen LogP contribution in [0.3, 0.4) is 0 Å². The zero-order valence-electron chi connectivity index (χ0n) is 10.1. The molecule has 2 amide bonds. The third-order valence-corrected chi connectivity index (χ3v) is 2.95. The first-order chi connectivity index (χ1) is 8.01. The molecule has 0 bridgehead atoms. The fourth-order valence-corrected chi connectivity index (χ4v) is 1.75. The fourth-order valence-electron chi connectivity index (χ4n) is 1.75. The number of nitrogens with two attached hydrogens (primary N) is 1. The van der Waals surface area contributed by atoms with E-state index in [1.807, 2.05) is 0 Å². The summed E-state index contributed by atoms with van der Waals surface area (Å²) >= 11 is 0. The normalized spacial score (nSPS) is 19.4. The van der Waals surface area contributed by atoms with Crippen LogP contribution in [0.4, 0.5) is 0 Å². The first-order valence-electron chi connectivity index (χ1n) is 5.51. The van der Waals surface area contributed by atoms with E-state index in [9.17, 15) is 9.59 Å². The van der Waals surface area contributed by atoms with Crippen molar-refractivity contribution >= 4 is 17.6 Å². The van der Waals surface area contributed by atoms with Gasteiger partial charge in [0.05, 0.1) is 12.5 Å². The Labute approximate surface area is 99.8 Å². The summed E-state index contributed by atoms with van der Waals surface area (Å²) < 4.78 is 0. The van der Waals surface area contributed by atoms with Crippen molar-refractivity contribution in [2.45, 2.75) is 13.3 Å². The molecular formula is C10H18N4O3. The Morgan fingerprint density at radius 1 is 1.59 bits per heavy atom. The topological polar surface area (TPSA) is 99.2 Å². The van der Waals surface area contributed by atoms with Crippen molar-refractivity contribution in [1.82, 2.24) is 9.80 Å². The highest BCUT2D eigenvalue weighted by Crippen LogP contribution is 2.11. The fraction of sp³-hybridized carbons (Fsp3) is 0.700. The molecule has 0 spiro atoms. The maximum atomic E-state index is 12.1. The van der Waals surface area contributed by atoms with E-state index in [2.05, 4.69) is 5.16 Å². The van der Waals surface area contributed by atoms with Crippen LogP contribution in [0.2, 0.25) is 0 Å². The lowest BCUT2D eigenvalue weighted by Crippen LogP contribution is -2.53. The number of amides is 2. The SMILES string of the molecule is CCC(C(=O)N1CCN(C)C(=O)C1)C(N)=NO. The Morgan fingerprint density at radius 3 is 2.71 bits per heavy atom. The molecule has 0 radical (unpaired) electrons. The second-order valence-corrected chi connectivity index (χ2v) is 4.06. The van der Waals surface area contributed by atoms with Crippen molar-refractivity contribution in [3.63, 3.8) is 0 Å². The predicted octanol–water partition coefficient (Wildman–Crippen LogP) is -0.940. The minimum atomic E-state index is -0.656. The monoisotopic (exact) mass is 242 g/mol. The smallest absolute Gasteiger partial charge is 0.241 e. The largest absolute Gasteiger partial charge is 0.409 e. The molecule has 0 aliphatic carbocycles. The minimum Gasteiger partial charge on any atom is -0.409 e. The molecule has 1 atom stereocenters.